The molecular formula is C12H17N3OS. The predicted molar refractivity (Wildman–Crippen MR) is 72.1 cm³/mol. The molecule has 0 bridgehead atoms. The van der Waals surface area contributed by atoms with Crippen LogP contribution >= 0.6 is 12.2 Å². The lowest BCUT2D eigenvalue weighted by Gasteiger charge is -2.19. The van der Waals surface area contributed by atoms with Crippen molar-refractivity contribution in [3.8, 4) is 0 Å². The van der Waals surface area contributed by atoms with Crippen molar-refractivity contribution < 1.29 is 5.11 Å². The number of rotatable bonds is 3. The Morgan fingerprint density at radius 2 is 2.41 bits per heavy atom. The zero-order valence-corrected chi connectivity index (χ0v) is 10.7. The van der Waals surface area contributed by atoms with Gasteiger partial charge in [0, 0.05) is 19.0 Å². The van der Waals surface area contributed by atoms with Crippen LogP contribution < -0.4 is 10.6 Å². The number of aliphatic hydroxyl groups is 1. The highest BCUT2D eigenvalue weighted by Crippen LogP contribution is 2.24. The lowest BCUT2D eigenvalue weighted by atomic mass is 10.0. The van der Waals surface area contributed by atoms with Crippen LogP contribution in [0.3, 0.4) is 0 Å². The second kappa shape index (κ2) is 4.98. The first-order chi connectivity index (χ1) is 8.08. The molecule has 0 spiro atoms. The van der Waals surface area contributed by atoms with Crippen molar-refractivity contribution in [1.82, 2.24) is 4.98 Å². The first kappa shape index (κ1) is 12.3. The molecule has 1 aromatic rings. The van der Waals surface area contributed by atoms with Gasteiger partial charge < -0.3 is 15.7 Å². The fourth-order valence-corrected chi connectivity index (χ4v) is 2.24. The highest BCUT2D eigenvalue weighted by molar-refractivity contribution is 7.80. The predicted octanol–water partition coefficient (Wildman–Crippen LogP) is 0.923. The van der Waals surface area contributed by atoms with E-state index < -0.39 is 0 Å². The summed E-state index contributed by atoms with van der Waals surface area (Å²) in [4.78, 5) is 6.91. The first-order valence-electron chi connectivity index (χ1n) is 5.78. The van der Waals surface area contributed by atoms with Gasteiger partial charge in [-0.2, -0.15) is 0 Å². The largest absolute Gasteiger partial charge is 0.393 e. The Labute approximate surface area is 106 Å². The molecule has 0 radical (unpaired) electrons. The molecule has 1 aromatic heterocycles. The molecule has 5 heteroatoms. The summed E-state index contributed by atoms with van der Waals surface area (Å²) in [6.45, 7) is 3.60. The summed E-state index contributed by atoms with van der Waals surface area (Å²) < 4.78 is 0. The molecule has 1 saturated heterocycles. The minimum Gasteiger partial charge on any atom is -0.393 e. The summed E-state index contributed by atoms with van der Waals surface area (Å²) in [5.41, 5.74) is 6.22. The van der Waals surface area contributed by atoms with E-state index in [2.05, 4.69) is 9.88 Å². The van der Waals surface area contributed by atoms with E-state index >= 15 is 0 Å². The van der Waals surface area contributed by atoms with Crippen molar-refractivity contribution in [3.05, 3.63) is 23.9 Å². The lowest BCUT2D eigenvalue weighted by Crippen LogP contribution is -2.25. The van der Waals surface area contributed by atoms with Gasteiger partial charge in [0.1, 0.15) is 10.8 Å². The SMILES string of the molecule is CC(O)C1CCN(c2cccc(C(N)=S)n2)C1. The van der Waals surface area contributed by atoms with E-state index in [4.69, 9.17) is 18.0 Å². The summed E-state index contributed by atoms with van der Waals surface area (Å²) >= 11 is 4.92. The zero-order valence-electron chi connectivity index (χ0n) is 9.84. The second-order valence-corrected chi connectivity index (χ2v) is 4.92. The van der Waals surface area contributed by atoms with Crippen LogP contribution in [0, 0.1) is 5.92 Å². The Morgan fingerprint density at radius 3 is 3.00 bits per heavy atom. The molecule has 0 aromatic carbocycles. The quantitative estimate of drug-likeness (QED) is 0.782. The maximum absolute atomic E-state index is 9.57. The van der Waals surface area contributed by atoms with Crippen LogP contribution in [0.25, 0.3) is 0 Å². The maximum atomic E-state index is 9.57. The van der Waals surface area contributed by atoms with Gasteiger partial charge in [0.25, 0.3) is 0 Å². The third-order valence-electron chi connectivity index (χ3n) is 3.22. The van der Waals surface area contributed by atoms with E-state index in [1.165, 1.54) is 0 Å². The summed E-state index contributed by atoms with van der Waals surface area (Å²) in [5, 5.41) is 9.57. The number of anilines is 1. The Hall–Kier alpha value is -1.20. The van der Waals surface area contributed by atoms with E-state index in [1.54, 1.807) is 0 Å². The molecular weight excluding hydrogens is 234 g/mol. The number of hydrogen-bond donors (Lipinski definition) is 2. The van der Waals surface area contributed by atoms with Crippen LogP contribution in [0.2, 0.25) is 0 Å². The molecule has 3 N–H and O–H groups in total. The standard InChI is InChI=1S/C12H17N3OS/c1-8(16)9-5-6-15(7-9)11-4-2-3-10(14-11)12(13)17/h2-4,8-9,16H,5-7H2,1H3,(H2,13,17). The third-order valence-corrected chi connectivity index (χ3v) is 3.43. The van der Waals surface area contributed by atoms with Crippen LogP contribution in [-0.4, -0.2) is 34.3 Å². The van der Waals surface area contributed by atoms with Gasteiger partial charge in [-0.3, -0.25) is 0 Å². The van der Waals surface area contributed by atoms with Crippen molar-refractivity contribution >= 4 is 23.0 Å². The zero-order chi connectivity index (χ0) is 12.4. The molecule has 2 atom stereocenters. The summed E-state index contributed by atoms with van der Waals surface area (Å²) in [6, 6.07) is 5.67. The number of pyridine rings is 1. The molecule has 1 aliphatic heterocycles. The normalized spacial score (nSPS) is 21.5. The Bertz CT molecular complexity index is 422. The highest BCUT2D eigenvalue weighted by Gasteiger charge is 2.26. The van der Waals surface area contributed by atoms with Crippen LogP contribution in [0.15, 0.2) is 18.2 Å². The molecule has 0 aliphatic carbocycles. The highest BCUT2D eigenvalue weighted by atomic mass is 32.1. The molecule has 92 valence electrons. The molecule has 2 rings (SSSR count). The van der Waals surface area contributed by atoms with E-state index in [1.807, 2.05) is 25.1 Å². The lowest BCUT2D eigenvalue weighted by molar-refractivity contribution is 0.136. The average Bonchev–Trinajstić information content (AvgIpc) is 2.78. The number of thiocarbonyl (C=S) groups is 1. The van der Waals surface area contributed by atoms with Crippen molar-refractivity contribution in [3.63, 3.8) is 0 Å². The molecule has 2 heterocycles. The van der Waals surface area contributed by atoms with Crippen LogP contribution in [0.4, 0.5) is 5.82 Å². The Kier molecular flexibility index (Phi) is 3.59. The minimum atomic E-state index is -0.265. The van der Waals surface area contributed by atoms with Crippen LogP contribution in [0.1, 0.15) is 19.0 Å². The van der Waals surface area contributed by atoms with Gasteiger partial charge in [0.15, 0.2) is 0 Å². The van der Waals surface area contributed by atoms with Gasteiger partial charge in [0.05, 0.1) is 11.8 Å². The van der Waals surface area contributed by atoms with Gasteiger partial charge in [-0.25, -0.2) is 4.98 Å². The fraction of sp³-hybridized carbons (Fsp3) is 0.500. The average molecular weight is 251 g/mol. The summed E-state index contributed by atoms with van der Waals surface area (Å²) in [7, 11) is 0. The molecule has 0 amide bonds. The second-order valence-electron chi connectivity index (χ2n) is 4.48. The Balaban J connectivity index is 2.13. The molecule has 2 unspecified atom stereocenters. The van der Waals surface area contributed by atoms with Crippen molar-refractivity contribution in [2.75, 3.05) is 18.0 Å². The van der Waals surface area contributed by atoms with Gasteiger partial charge in [0.2, 0.25) is 0 Å². The number of nitrogens with two attached hydrogens (primary N) is 1. The van der Waals surface area contributed by atoms with Gasteiger partial charge in [-0.15, -0.1) is 0 Å². The van der Waals surface area contributed by atoms with E-state index in [0.717, 1.165) is 25.3 Å². The first-order valence-corrected chi connectivity index (χ1v) is 6.18. The van der Waals surface area contributed by atoms with Gasteiger partial charge in [-0.1, -0.05) is 18.3 Å². The Morgan fingerprint density at radius 1 is 1.65 bits per heavy atom. The van der Waals surface area contributed by atoms with Crippen molar-refractivity contribution in [2.24, 2.45) is 11.7 Å². The number of nitrogens with zero attached hydrogens (tertiary/aromatic N) is 2. The summed E-state index contributed by atoms with van der Waals surface area (Å²) in [5.74, 6) is 1.21. The monoisotopic (exact) mass is 251 g/mol. The van der Waals surface area contributed by atoms with Crippen molar-refractivity contribution in [2.45, 2.75) is 19.4 Å². The van der Waals surface area contributed by atoms with E-state index in [0.29, 0.717) is 16.6 Å². The minimum absolute atomic E-state index is 0.265. The molecule has 0 saturated carbocycles. The third kappa shape index (κ3) is 2.73. The van der Waals surface area contributed by atoms with Crippen molar-refractivity contribution in [1.29, 1.82) is 0 Å². The van der Waals surface area contributed by atoms with Gasteiger partial charge >= 0.3 is 0 Å². The molecule has 1 fully saturated rings. The van der Waals surface area contributed by atoms with E-state index in [9.17, 15) is 5.11 Å². The maximum Gasteiger partial charge on any atom is 0.129 e. The fourth-order valence-electron chi connectivity index (χ4n) is 2.13. The number of aliphatic hydroxyl groups excluding tert-OH is 1. The number of aromatic nitrogens is 1. The smallest absolute Gasteiger partial charge is 0.129 e. The summed E-state index contributed by atoms with van der Waals surface area (Å²) in [6.07, 6.45) is 0.732. The molecule has 4 nitrogen and oxygen atoms in total. The van der Waals surface area contributed by atoms with Crippen LogP contribution in [-0.2, 0) is 0 Å². The van der Waals surface area contributed by atoms with Gasteiger partial charge in [-0.05, 0) is 25.5 Å². The topological polar surface area (TPSA) is 62.4 Å². The van der Waals surface area contributed by atoms with Crippen LogP contribution in [0.5, 0.6) is 0 Å². The molecule has 1 aliphatic rings. The van der Waals surface area contributed by atoms with E-state index in [-0.39, 0.29) is 6.10 Å². The molecule has 17 heavy (non-hydrogen) atoms. The number of hydrogen-bond acceptors (Lipinski definition) is 4.